The fourth-order valence-electron chi connectivity index (χ4n) is 1.63. The third-order valence-corrected chi connectivity index (χ3v) is 3.77. The van der Waals surface area contributed by atoms with Crippen molar-refractivity contribution in [2.75, 3.05) is 17.8 Å². The van der Waals surface area contributed by atoms with Gasteiger partial charge in [0.05, 0.1) is 0 Å². The van der Waals surface area contributed by atoms with Crippen LogP contribution in [0.5, 0.6) is 0 Å². The predicted molar refractivity (Wildman–Crippen MR) is 85.1 cm³/mol. The molecule has 0 bridgehead atoms. The fourth-order valence-corrected chi connectivity index (χ4v) is 2.35. The Morgan fingerprint density at radius 1 is 1.35 bits per heavy atom. The molecule has 0 aromatic rings. The van der Waals surface area contributed by atoms with E-state index in [9.17, 15) is 0 Å². The van der Waals surface area contributed by atoms with E-state index >= 15 is 0 Å². The SMILES string of the molecule is C=C(/C=C\C(=C)C1=CC=C(CSC)CC1)CS. The van der Waals surface area contributed by atoms with E-state index in [4.69, 9.17) is 0 Å². The van der Waals surface area contributed by atoms with E-state index in [-0.39, 0.29) is 0 Å². The van der Waals surface area contributed by atoms with Gasteiger partial charge in [0, 0.05) is 11.5 Å². The van der Waals surface area contributed by atoms with Crippen LogP contribution in [-0.2, 0) is 0 Å². The smallest absolute Gasteiger partial charge is 0.0148 e. The number of rotatable bonds is 6. The van der Waals surface area contributed by atoms with Crippen LogP contribution in [0.4, 0.5) is 0 Å². The maximum atomic E-state index is 4.17. The predicted octanol–water partition coefficient (Wildman–Crippen LogP) is 4.59. The van der Waals surface area contributed by atoms with E-state index in [2.05, 4.69) is 44.2 Å². The third-order valence-electron chi connectivity index (χ3n) is 2.70. The molecule has 0 amide bonds. The van der Waals surface area contributed by atoms with Gasteiger partial charge in [-0.05, 0) is 35.8 Å². The molecule has 17 heavy (non-hydrogen) atoms. The van der Waals surface area contributed by atoms with E-state index in [0.29, 0.717) is 5.75 Å². The minimum absolute atomic E-state index is 0.695. The van der Waals surface area contributed by atoms with Crippen molar-refractivity contribution >= 4 is 24.4 Å². The maximum absolute atomic E-state index is 4.17. The van der Waals surface area contributed by atoms with Crippen molar-refractivity contribution in [3.05, 3.63) is 59.8 Å². The highest BCUT2D eigenvalue weighted by Gasteiger charge is 2.07. The van der Waals surface area contributed by atoms with Crippen LogP contribution in [0.1, 0.15) is 12.8 Å². The average molecular weight is 264 g/mol. The topological polar surface area (TPSA) is 0 Å². The molecule has 1 aliphatic carbocycles. The Morgan fingerprint density at radius 3 is 2.65 bits per heavy atom. The summed E-state index contributed by atoms with van der Waals surface area (Å²) in [5.41, 5.74) is 4.97. The zero-order valence-corrected chi connectivity index (χ0v) is 12.1. The molecule has 0 saturated heterocycles. The minimum Gasteiger partial charge on any atom is -0.175 e. The highest BCUT2D eigenvalue weighted by Crippen LogP contribution is 2.25. The van der Waals surface area contributed by atoms with Gasteiger partial charge in [-0.1, -0.05) is 43.0 Å². The van der Waals surface area contributed by atoms with Gasteiger partial charge in [-0.2, -0.15) is 24.4 Å². The molecule has 0 aromatic carbocycles. The Balaban J connectivity index is 2.60. The lowest BCUT2D eigenvalue weighted by molar-refractivity contribution is 0.923. The molecule has 0 saturated carbocycles. The molecule has 1 rings (SSSR count). The number of hydrogen-bond acceptors (Lipinski definition) is 2. The zero-order chi connectivity index (χ0) is 12.7. The second-order valence-electron chi connectivity index (χ2n) is 4.12. The Hall–Kier alpha value is -0.600. The van der Waals surface area contributed by atoms with Crippen molar-refractivity contribution < 1.29 is 0 Å². The normalized spacial score (nSPS) is 15.6. The molecule has 0 N–H and O–H groups in total. The molecule has 0 spiro atoms. The summed E-state index contributed by atoms with van der Waals surface area (Å²) in [5.74, 6) is 1.84. The first-order chi connectivity index (χ1) is 8.17. The van der Waals surface area contributed by atoms with Crippen molar-refractivity contribution in [3.63, 3.8) is 0 Å². The molecule has 2 heteroatoms. The Bertz CT molecular complexity index is 384. The maximum Gasteiger partial charge on any atom is 0.0148 e. The van der Waals surface area contributed by atoms with E-state index in [1.165, 1.54) is 11.1 Å². The van der Waals surface area contributed by atoms with Gasteiger partial charge in [0.2, 0.25) is 0 Å². The van der Waals surface area contributed by atoms with Crippen molar-refractivity contribution in [1.29, 1.82) is 0 Å². The van der Waals surface area contributed by atoms with Crippen LogP contribution in [-0.4, -0.2) is 17.8 Å². The first-order valence-electron chi connectivity index (χ1n) is 5.71. The summed E-state index contributed by atoms with van der Waals surface area (Å²) in [4.78, 5) is 0. The van der Waals surface area contributed by atoms with E-state index < -0.39 is 0 Å². The van der Waals surface area contributed by atoms with Gasteiger partial charge in [0.15, 0.2) is 0 Å². The van der Waals surface area contributed by atoms with Gasteiger partial charge in [-0.15, -0.1) is 0 Å². The Labute approximate surface area is 115 Å². The van der Waals surface area contributed by atoms with Crippen molar-refractivity contribution in [1.82, 2.24) is 0 Å². The van der Waals surface area contributed by atoms with Crippen LogP contribution in [0.2, 0.25) is 0 Å². The highest BCUT2D eigenvalue weighted by atomic mass is 32.2. The molecule has 0 atom stereocenters. The van der Waals surface area contributed by atoms with Gasteiger partial charge in [-0.3, -0.25) is 0 Å². The quantitative estimate of drug-likeness (QED) is 0.540. The Kier molecular flexibility index (Phi) is 6.53. The summed E-state index contributed by atoms with van der Waals surface area (Å²) >= 11 is 6.05. The summed E-state index contributed by atoms with van der Waals surface area (Å²) in [6.07, 6.45) is 12.9. The summed E-state index contributed by atoms with van der Waals surface area (Å²) in [6, 6.07) is 0. The molecule has 0 aliphatic heterocycles. The van der Waals surface area contributed by atoms with Gasteiger partial charge in [0.1, 0.15) is 0 Å². The van der Waals surface area contributed by atoms with Crippen molar-refractivity contribution in [2.45, 2.75) is 12.8 Å². The minimum atomic E-state index is 0.695. The lowest BCUT2D eigenvalue weighted by Gasteiger charge is -2.14. The summed E-state index contributed by atoms with van der Waals surface area (Å²) in [5, 5.41) is 0. The summed E-state index contributed by atoms with van der Waals surface area (Å²) in [6.45, 7) is 7.99. The second-order valence-corrected chi connectivity index (χ2v) is 5.31. The number of thioether (sulfide) groups is 1. The van der Waals surface area contributed by atoms with Crippen molar-refractivity contribution in [2.24, 2.45) is 0 Å². The molecule has 0 fully saturated rings. The number of hydrogen-bond donors (Lipinski definition) is 1. The van der Waals surface area contributed by atoms with Crippen molar-refractivity contribution in [3.8, 4) is 0 Å². The highest BCUT2D eigenvalue weighted by molar-refractivity contribution is 7.98. The lowest BCUT2D eigenvalue weighted by atomic mass is 9.94. The summed E-state index contributed by atoms with van der Waals surface area (Å²) < 4.78 is 0. The van der Waals surface area contributed by atoms with Crippen LogP contribution in [0.15, 0.2) is 59.8 Å². The molecule has 0 unspecified atom stereocenters. The molecule has 0 radical (unpaired) electrons. The molecule has 0 heterocycles. The standard InChI is InChI=1S/C15H20S2/c1-12(10-16)4-5-13(2)15-8-6-14(7-9-15)11-17-3/h4-6,8,16H,1-2,7,9-11H2,3H3/b5-4-. The van der Waals surface area contributed by atoms with E-state index in [0.717, 1.165) is 29.7 Å². The molecule has 92 valence electrons. The van der Waals surface area contributed by atoms with Crippen LogP contribution in [0.25, 0.3) is 0 Å². The van der Waals surface area contributed by atoms with E-state index in [1.807, 2.05) is 23.9 Å². The van der Waals surface area contributed by atoms with Crippen LogP contribution in [0, 0.1) is 0 Å². The van der Waals surface area contributed by atoms with Gasteiger partial charge >= 0.3 is 0 Å². The Morgan fingerprint density at radius 2 is 2.12 bits per heavy atom. The molecular weight excluding hydrogens is 244 g/mol. The first-order valence-corrected chi connectivity index (χ1v) is 7.73. The summed E-state index contributed by atoms with van der Waals surface area (Å²) in [7, 11) is 0. The number of allylic oxidation sites excluding steroid dienone is 6. The van der Waals surface area contributed by atoms with Gasteiger partial charge < -0.3 is 0 Å². The van der Waals surface area contributed by atoms with Crippen LogP contribution in [0.3, 0.4) is 0 Å². The fraction of sp³-hybridized carbons (Fsp3) is 0.333. The molecule has 0 nitrogen and oxygen atoms in total. The molecule has 0 aromatic heterocycles. The lowest BCUT2D eigenvalue weighted by Crippen LogP contribution is -1.97. The zero-order valence-electron chi connectivity index (χ0n) is 10.4. The second kappa shape index (κ2) is 7.67. The monoisotopic (exact) mass is 264 g/mol. The first kappa shape index (κ1) is 14.5. The van der Waals surface area contributed by atoms with Gasteiger partial charge in [0.25, 0.3) is 0 Å². The van der Waals surface area contributed by atoms with E-state index in [1.54, 1.807) is 0 Å². The molecular formula is C15H20S2. The third kappa shape index (κ3) is 5.05. The molecule has 1 aliphatic rings. The number of thiol groups is 1. The largest absolute Gasteiger partial charge is 0.175 e. The van der Waals surface area contributed by atoms with Crippen LogP contribution < -0.4 is 0 Å². The van der Waals surface area contributed by atoms with Crippen LogP contribution >= 0.6 is 24.4 Å². The van der Waals surface area contributed by atoms with Gasteiger partial charge in [-0.25, -0.2) is 0 Å². The average Bonchev–Trinajstić information content (AvgIpc) is 2.36.